The molecule has 0 saturated heterocycles. The summed E-state index contributed by atoms with van der Waals surface area (Å²) in [5.41, 5.74) is 5.93. The first-order valence-electron chi connectivity index (χ1n) is 3.04. The number of amides is 2. The summed E-state index contributed by atoms with van der Waals surface area (Å²) >= 11 is 0. The highest BCUT2D eigenvalue weighted by Gasteiger charge is 2.07. The van der Waals surface area contributed by atoms with Gasteiger partial charge in [0.05, 0.1) is 6.20 Å². The van der Waals surface area contributed by atoms with Crippen molar-refractivity contribution in [2.75, 3.05) is 6.54 Å². The summed E-state index contributed by atoms with van der Waals surface area (Å²) in [5, 5.41) is 0. The fourth-order valence-electron chi connectivity index (χ4n) is 0.776. The smallest absolute Gasteiger partial charge is 0.319 e. The quantitative estimate of drug-likeness (QED) is 0.523. The Hall–Kier alpha value is -1.25. The Bertz CT molecular complexity index is 206. The van der Waals surface area contributed by atoms with Crippen LogP contribution >= 0.6 is 0 Å². The van der Waals surface area contributed by atoms with Gasteiger partial charge in [-0.05, 0) is 12.5 Å². The Morgan fingerprint density at radius 1 is 1.90 bits per heavy atom. The summed E-state index contributed by atoms with van der Waals surface area (Å²) in [4.78, 5) is 11.9. The summed E-state index contributed by atoms with van der Waals surface area (Å²) < 4.78 is 0. The molecule has 1 aliphatic rings. The van der Waals surface area contributed by atoms with Crippen molar-refractivity contribution in [3.63, 3.8) is 0 Å². The lowest BCUT2D eigenvalue weighted by atomic mass is 10.2. The summed E-state index contributed by atoms with van der Waals surface area (Å²) in [6.45, 7) is 2.40. The first-order valence-corrected chi connectivity index (χ1v) is 3.04. The molecule has 0 aromatic rings. The first-order chi connectivity index (χ1) is 4.70. The van der Waals surface area contributed by atoms with E-state index in [0.717, 1.165) is 5.57 Å². The number of primary amides is 1. The van der Waals surface area contributed by atoms with Crippen molar-refractivity contribution in [3.8, 4) is 0 Å². The fraction of sp³-hybridized carbons (Fsp3) is 0.286. The van der Waals surface area contributed by atoms with E-state index in [-0.39, 0.29) is 0 Å². The van der Waals surface area contributed by atoms with Crippen LogP contribution in [0.3, 0.4) is 0 Å². The average Bonchev–Trinajstić information content (AvgIpc) is 1.88. The summed E-state index contributed by atoms with van der Waals surface area (Å²) in [7, 11) is 0. The van der Waals surface area contributed by atoms with Crippen LogP contribution in [0.25, 0.3) is 0 Å². The number of rotatable bonds is 0. The predicted molar refractivity (Wildman–Crippen MR) is 37.9 cm³/mol. The minimum absolute atomic E-state index is 0.455. The molecule has 0 atom stereocenters. The van der Waals surface area contributed by atoms with Gasteiger partial charge in [0.1, 0.15) is 0 Å². The molecular weight excluding hydrogens is 128 g/mol. The molecule has 3 heteroatoms. The number of nitrogens with two attached hydrogens (primary N) is 1. The van der Waals surface area contributed by atoms with Gasteiger partial charge in [0.2, 0.25) is 0 Å². The van der Waals surface area contributed by atoms with Crippen LogP contribution in [0.2, 0.25) is 0 Å². The Labute approximate surface area is 59.8 Å². The van der Waals surface area contributed by atoms with E-state index in [1.54, 1.807) is 0 Å². The van der Waals surface area contributed by atoms with Gasteiger partial charge in [-0.15, -0.1) is 0 Å². The zero-order valence-electron chi connectivity index (χ0n) is 5.79. The number of hydrogen-bond donors (Lipinski definition) is 1. The maximum Gasteiger partial charge on any atom is 0.319 e. The highest BCUT2D eigenvalue weighted by molar-refractivity contribution is 5.73. The molecular formula is C7H9N2O. The lowest BCUT2D eigenvalue weighted by molar-refractivity contribution is 0.225. The van der Waals surface area contributed by atoms with Gasteiger partial charge < -0.3 is 5.73 Å². The predicted octanol–water partition coefficient (Wildman–Crippen LogP) is 0.644. The van der Waals surface area contributed by atoms with Crippen LogP contribution in [0, 0.1) is 6.20 Å². The molecule has 0 unspecified atom stereocenters. The van der Waals surface area contributed by atoms with E-state index in [2.05, 4.69) is 6.20 Å². The Morgan fingerprint density at radius 3 is 3.00 bits per heavy atom. The van der Waals surface area contributed by atoms with Gasteiger partial charge in [0.25, 0.3) is 0 Å². The molecule has 0 fully saturated rings. The molecule has 2 amide bonds. The monoisotopic (exact) mass is 137 g/mol. The van der Waals surface area contributed by atoms with Crippen LogP contribution in [0.1, 0.15) is 6.92 Å². The Morgan fingerprint density at radius 2 is 2.60 bits per heavy atom. The third kappa shape index (κ3) is 1.37. The molecule has 0 aromatic heterocycles. The zero-order valence-corrected chi connectivity index (χ0v) is 5.79. The van der Waals surface area contributed by atoms with Gasteiger partial charge in [0.15, 0.2) is 0 Å². The lowest BCUT2D eigenvalue weighted by Crippen LogP contribution is -2.33. The van der Waals surface area contributed by atoms with E-state index in [1.807, 2.05) is 19.1 Å². The molecule has 53 valence electrons. The van der Waals surface area contributed by atoms with Crippen molar-refractivity contribution in [2.24, 2.45) is 5.73 Å². The molecule has 0 saturated carbocycles. The van der Waals surface area contributed by atoms with E-state index < -0.39 is 6.03 Å². The van der Waals surface area contributed by atoms with Crippen molar-refractivity contribution < 1.29 is 4.79 Å². The first kappa shape index (κ1) is 6.86. The van der Waals surface area contributed by atoms with Gasteiger partial charge >= 0.3 is 6.03 Å². The number of carbonyl (C=O) groups is 1. The Kier molecular flexibility index (Phi) is 1.76. The molecule has 0 spiro atoms. The van der Waals surface area contributed by atoms with Crippen LogP contribution in [-0.4, -0.2) is 17.5 Å². The fourth-order valence-corrected chi connectivity index (χ4v) is 0.776. The average molecular weight is 137 g/mol. The van der Waals surface area contributed by atoms with Crippen molar-refractivity contribution in [2.45, 2.75) is 6.92 Å². The summed E-state index contributed by atoms with van der Waals surface area (Å²) in [6, 6.07) is -0.455. The molecule has 0 aliphatic carbocycles. The molecule has 1 radical (unpaired) electrons. The highest BCUT2D eigenvalue weighted by Crippen LogP contribution is 2.03. The maximum atomic E-state index is 10.5. The van der Waals surface area contributed by atoms with Crippen molar-refractivity contribution in [1.82, 2.24) is 4.90 Å². The lowest BCUT2D eigenvalue weighted by Gasteiger charge is -2.15. The van der Waals surface area contributed by atoms with Crippen LogP contribution in [-0.2, 0) is 0 Å². The molecule has 1 heterocycles. The van der Waals surface area contributed by atoms with Crippen molar-refractivity contribution in [1.29, 1.82) is 0 Å². The number of carbonyl (C=O) groups excluding carboxylic acids is 1. The van der Waals surface area contributed by atoms with E-state index in [0.29, 0.717) is 6.54 Å². The minimum atomic E-state index is -0.455. The number of hydrogen-bond acceptors (Lipinski definition) is 1. The number of nitrogens with zero attached hydrogens (tertiary/aromatic N) is 1. The van der Waals surface area contributed by atoms with Crippen LogP contribution in [0.15, 0.2) is 17.7 Å². The molecule has 3 nitrogen and oxygen atoms in total. The van der Waals surface area contributed by atoms with Gasteiger partial charge in [-0.25, -0.2) is 4.79 Å². The third-order valence-corrected chi connectivity index (χ3v) is 1.23. The largest absolute Gasteiger partial charge is 0.351 e. The molecule has 1 rings (SSSR count). The van der Waals surface area contributed by atoms with Gasteiger partial charge in [-0.1, -0.05) is 12.2 Å². The van der Waals surface area contributed by atoms with Gasteiger partial charge in [-0.3, -0.25) is 4.90 Å². The topological polar surface area (TPSA) is 46.3 Å². The second-order valence-corrected chi connectivity index (χ2v) is 2.15. The SMILES string of the molecule is CC1=[C]N(C(N)=O)CC=C1. The second kappa shape index (κ2) is 2.56. The van der Waals surface area contributed by atoms with Crippen LogP contribution in [0.5, 0.6) is 0 Å². The van der Waals surface area contributed by atoms with Crippen molar-refractivity contribution in [3.05, 3.63) is 23.9 Å². The van der Waals surface area contributed by atoms with Crippen LogP contribution < -0.4 is 5.73 Å². The van der Waals surface area contributed by atoms with E-state index in [1.165, 1.54) is 4.90 Å². The zero-order chi connectivity index (χ0) is 7.56. The summed E-state index contributed by atoms with van der Waals surface area (Å²) in [5.74, 6) is 0. The molecule has 1 aliphatic heterocycles. The maximum absolute atomic E-state index is 10.5. The van der Waals surface area contributed by atoms with E-state index in [9.17, 15) is 4.79 Å². The van der Waals surface area contributed by atoms with E-state index in [4.69, 9.17) is 5.73 Å². The molecule has 10 heavy (non-hydrogen) atoms. The number of allylic oxidation sites excluding steroid dienone is 2. The molecule has 2 N–H and O–H groups in total. The van der Waals surface area contributed by atoms with E-state index >= 15 is 0 Å². The second-order valence-electron chi connectivity index (χ2n) is 2.15. The highest BCUT2D eigenvalue weighted by atomic mass is 16.2. The number of urea groups is 1. The van der Waals surface area contributed by atoms with Crippen molar-refractivity contribution >= 4 is 6.03 Å². The standard InChI is InChI=1S/C7H9N2O/c1-6-3-2-4-9(5-6)7(8)10/h2-3H,4H2,1H3,(H2,8,10). The van der Waals surface area contributed by atoms with Gasteiger partial charge in [0, 0.05) is 6.54 Å². The van der Waals surface area contributed by atoms with Crippen LogP contribution in [0.4, 0.5) is 4.79 Å². The third-order valence-electron chi connectivity index (χ3n) is 1.23. The normalized spacial score (nSPS) is 16.9. The minimum Gasteiger partial charge on any atom is -0.351 e. The molecule has 0 aromatic carbocycles. The molecule has 0 bridgehead atoms. The summed E-state index contributed by atoms with van der Waals surface area (Å²) in [6.07, 6.45) is 6.58. The van der Waals surface area contributed by atoms with Gasteiger partial charge in [-0.2, -0.15) is 0 Å². The Balaban J connectivity index is 2.69.